The van der Waals surface area contributed by atoms with Crippen molar-refractivity contribution in [2.24, 2.45) is 23.2 Å². The van der Waals surface area contributed by atoms with Crippen molar-refractivity contribution in [3.63, 3.8) is 0 Å². The van der Waals surface area contributed by atoms with Gasteiger partial charge in [-0.15, -0.1) is 5.10 Å². The third kappa shape index (κ3) is 3.40. The van der Waals surface area contributed by atoms with E-state index in [-0.39, 0.29) is 11.9 Å². The van der Waals surface area contributed by atoms with Crippen LogP contribution < -0.4 is 10.1 Å². The molecule has 6 nitrogen and oxygen atoms in total. The van der Waals surface area contributed by atoms with Gasteiger partial charge in [-0.3, -0.25) is 9.89 Å². The van der Waals surface area contributed by atoms with Crippen molar-refractivity contribution in [2.45, 2.75) is 39.7 Å². The summed E-state index contributed by atoms with van der Waals surface area (Å²) in [6, 6.07) is 17.3. The zero-order chi connectivity index (χ0) is 21.6. The fourth-order valence-electron chi connectivity index (χ4n) is 5.52. The number of para-hydroxylation sites is 2. The molecular weight excluding hydrogens is 388 g/mol. The first-order valence-corrected chi connectivity index (χ1v) is 11.0. The molecule has 0 aliphatic heterocycles. The first-order valence-electron chi connectivity index (χ1n) is 11.0. The van der Waals surface area contributed by atoms with Crippen molar-refractivity contribution in [1.29, 1.82) is 0 Å². The monoisotopic (exact) mass is 416 g/mol. The lowest BCUT2D eigenvalue weighted by Crippen LogP contribution is -2.60. The van der Waals surface area contributed by atoms with Crippen LogP contribution in [0.3, 0.4) is 0 Å². The molecule has 2 N–H and O–H groups in total. The van der Waals surface area contributed by atoms with Gasteiger partial charge in [0.05, 0.1) is 0 Å². The van der Waals surface area contributed by atoms with Crippen molar-refractivity contribution >= 4 is 5.91 Å². The summed E-state index contributed by atoms with van der Waals surface area (Å²) in [5, 5.41) is 14.2. The topological polar surface area (TPSA) is 79.9 Å². The van der Waals surface area contributed by atoms with E-state index < -0.39 is 0 Å². The van der Waals surface area contributed by atoms with Gasteiger partial charge in [-0.05, 0) is 60.3 Å². The number of aromatic amines is 1. The normalized spacial score (nSPS) is 26.0. The second-order valence-electron chi connectivity index (χ2n) is 9.48. The molecule has 1 heterocycles. The fourth-order valence-corrected chi connectivity index (χ4v) is 5.52. The molecule has 1 aromatic heterocycles. The molecule has 4 atom stereocenters. The number of hydrogen-bond donors (Lipinski definition) is 2. The van der Waals surface area contributed by atoms with E-state index in [0.29, 0.717) is 40.3 Å². The Morgan fingerprint density at radius 2 is 1.84 bits per heavy atom. The number of H-pyrrole nitrogens is 1. The van der Waals surface area contributed by atoms with Gasteiger partial charge in [-0.2, -0.15) is 0 Å². The minimum atomic E-state index is -0.162. The number of carbonyl (C=O) groups is 1. The van der Waals surface area contributed by atoms with E-state index in [4.69, 9.17) is 4.74 Å². The SMILES string of the molecule is C[C@@H]1[C@H]2CC(C[C@H]1NC(=O)c1[nH]nnc1-c1ccccc1Oc1ccccc1)C2(C)C. The summed E-state index contributed by atoms with van der Waals surface area (Å²) >= 11 is 0. The summed E-state index contributed by atoms with van der Waals surface area (Å²) in [4.78, 5) is 13.2. The number of carbonyl (C=O) groups excluding carboxylic acids is 1. The van der Waals surface area contributed by atoms with Crippen LogP contribution in [-0.4, -0.2) is 27.4 Å². The van der Waals surface area contributed by atoms with E-state index in [1.54, 1.807) is 0 Å². The van der Waals surface area contributed by atoms with Gasteiger partial charge in [-0.1, -0.05) is 56.3 Å². The van der Waals surface area contributed by atoms with Crippen LogP contribution >= 0.6 is 0 Å². The van der Waals surface area contributed by atoms with Crippen LogP contribution in [0.1, 0.15) is 44.1 Å². The Labute approximate surface area is 182 Å². The number of ether oxygens (including phenoxy) is 1. The highest BCUT2D eigenvalue weighted by Crippen LogP contribution is 2.61. The molecule has 6 heteroatoms. The number of amides is 1. The van der Waals surface area contributed by atoms with E-state index in [0.717, 1.165) is 17.7 Å². The van der Waals surface area contributed by atoms with Gasteiger partial charge in [-0.25, -0.2) is 0 Å². The predicted molar refractivity (Wildman–Crippen MR) is 119 cm³/mol. The predicted octanol–water partition coefficient (Wildman–Crippen LogP) is 5.06. The summed E-state index contributed by atoms with van der Waals surface area (Å²) in [6.07, 6.45) is 2.31. The van der Waals surface area contributed by atoms with Gasteiger partial charge in [0.25, 0.3) is 5.91 Å². The quantitative estimate of drug-likeness (QED) is 0.609. The van der Waals surface area contributed by atoms with Crippen LogP contribution in [-0.2, 0) is 0 Å². The smallest absolute Gasteiger partial charge is 0.271 e. The van der Waals surface area contributed by atoms with Crippen LogP contribution in [0.15, 0.2) is 54.6 Å². The number of nitrogens with zero attached hydrogens (tertiary/aromatic N) is 2. The van der Waals surface area contributed by atoms with Gasteiger partial charge in [0.15, 0.2) is 5.69 Å². The van der Waals surface area contributed by atoms with Crippen molar-refractivity contribution in [3.05, 3.63) is 60.3 Å². The van der Waals surface area contributed by atoms with Crippen LogP contribution in [0.5, 0.6) is 11.5 Å². The number of rotatable bonds is 5. The average molecular weight is 417 g/mol. The third-order valence-corrected chi connectivity index (χ3v) is 7.56. The first-order chi connectivity index (χ1) is 14.9. The molecule has 3 aliphatic carbocycles. The molecule has 6 rings (SSSR count). The highest BCUT2D eigenvalue weighted by Gasteiger charge is 2.56. The van der Waals surface area contributed by atoms with Crippen molar-refractivity contribution in [2.75, 3.05) is 0 Å². The summed E-state index contributed by atoms with van der Waals surface area (Å²) in [5.74, 6) is 2.99. The Hall–Kier alpha value is -3.15. The molecular formula is C25H28N4O2. The standard InChI is InChI=1S/C25H28N4O2/c1-15-19-13-16(25(19,2)3)14-20(15)26-24(30)23-22(27-29-28-23)18-11-7-8-12-21(18)31-17-9-5-4-6-10-17/h4-12,15-16,19-20H,13-14H2,1-3H3,(H,26,30)(H,27,28,29)/t15-,16?,19-,20-/m1/s1. The third-order valence-electron chi connectivity index (χ3n) is 7.56. The number of aromatic nitrogens is 3. The Morgan fingerprint density at radius 1 is 1.10 bits per heavy atom. The molecule has 160 valence electrons. The van der Waals surface area contributed by atoms with Crippen molar-refractivity contribution < 1.29 is 9.53 Å². The molecule has 2 bridgehead atoms. The highest BCUT2D eigenvalue weighted by molar-refractivity contribution is 5.98. The second kappa shape index (κ2) is 7.52. The zero-order valence-corrected chi connectivity index (χ0v) is 18.1. The molecule has 31 heavy (non-hydrogen) atoms. The summed E-state index contributed by atoms with van der Waals surface area (Å²) in [5.41, 5.74) is 1.98. The molecule has 2 aromatic carbocycles. The molecule has 3 aromatic rings. The van der Waals surface area contributed by atoms with Gasteiger partial charge in [0.1, 0.15) is 17.2 Å². The van der Waals surface area contributed by atoms with E-state index in [9.17, 15) is 4.79 Å². The largest absolute Gasteiger partial charge is 0.457 e. The zero-order valence-electron chi connectivity index (χ0n) is 18.1. The van der Waals surface area contributed by atoms with Crippen molar-refractivity contribution in [3.8, 4) is 22.8 Å². The summed E-state index contributed by atoms with van der Waals surface area (Å²) in [6.45, 7) is 6.99. The van der Waals surface area contributed by atoms with Crippen LogP contribution in [0.25, 0.3) is 11.3 Å². The number of nitrogens with one attached hydrogen (secondary N) is 2. The molecule has 1 unspecified atom stereocenters. The molecule has 3 saturated carbocycles. The van der Waals surface area contributed by atoms with Crippen LogP contribution in [0.2, 0.25) is 0 Å². The Balaban J connectivity index is 1.38. The minimum Gasteiger partial charge on any atom is -0.457 e. The van der Waals surface area contributed by atoms with Crippen molar-refractivity contribution in [1.82, 2.24) is 20.7 Å². The summed E-state index contributed by atoms with van der Waals surface area (Å²) < 4.78 is 6.06. The molecule has 0 radical (unpaired) electrons. The van der Waals surface area contributed by atoms with Gasteiger partial charge in [0.2, 0.25) is 0 Å². The lowest BCUT2D eigenvalue weighted by atomic mass is 9.45. The second-order valence-corrected chi connectivity index (χ2v) is 9.48. The first kappa shape index (κ1) is 19.8. The highest BCUT2D eigenvalue weighted by atomic mass is 16.5. The van der Waals surface area contributed by atoms with Gasteiger partial charge < -0.3 is 10.1 Å². The maximum atomic E-state index is 13.2. The maximum absolute atomic E-state index is 13.2. The molecule has 0 spiro atoms. The van der Waals surface area contributed by atoms with E-state index >= 15 is 0 Å². The Bertz CT molecular complexity index is 1090. The molecule has 0 saturated heterocycles. The van der Waals surface area contributed by atoms with E-state index in [1.807, 2.05) is 54.6 Å². The lowest BCUT2D eigenvalue weighted by Gasteiger charge is -2.62. The summed E-state index contributed by atoms with van der Waals surface area (Å²) in [7, 11) is 0. The fraction of sp³-hybridized carbons (Fsp3) is 0.400. The molecule has 1 amide bonds. The van der Waals surface area contributed by atoms with Gasteiger partial charge >= 0.3 is 0 Å². The molecule has 3 aliphatic rings. The minimum absolute atomic E-state index is 0.162. The maximum Gasteiger partial charge on any atom is 0.271 e. The van der Waals surface area contributed by atoms with E-state index in [1.165, 1.54) is 6.42 Å². The number of fused-ring (bicyclic) bond motifs is 2. The van der Waals surface area contributed by atoms with Crippen LogP contribution in [0, 0.1) is 23.2 Å². The Kier molecular flexibility index (Phi) is 4.80. The lowest BCUT2D eigenvalue weighted by molar-refractivity contribution is -0.113. The van der Waals surface area contributed by atoms with E-state index in [2.05, 4.69) is 41.5 Å². The molecule has 3 fully saturated rings. The van der Waals surface area contributed by atoms with Gasteiger partial charge in [0, 0.05) is 11.6 Å². The Morgan fingerprint density at radius 3 is 2.58 bits per heavy atom. The average Bonchev–Trinajstić information content (AvgIpc) is 3.26. The number of benzene rings is 2. The van der Waals surface area contributed by atoms with Crippen LogP contribution in [0.4, 0.5) is 0 Å². The number of hydrogen-bond acceptors (Lipinski definition) is 4.